The van der Waals surface area contributed by atoms with E-state index >= 15 is 0 Å². The molecule has 0 bridgehead atoms. The number of likely N-dealkylation sites (tertiary alicyclic amines) is 1. The normalized spacial score (nSPS) is 36.0. The molecule has 0 radical (unpaired) electrons. The van der Waals surface area contributed by atoms with Crippen LogP contribution in [0.5, 0.6) is 0 Å². The fraction of sp³-hybridized carbons (Fsp3) is 1.00. The Morgan fingerprint density at radius 3 is 2.59 bits per heavy atom. The Bertz CT molecular complexity index is 217. The Labute approximate surface area is 107 Å². The molecular weight excluding hydrogens is 208 g/mol. The van der Waals surface area contributed by atoms with E-state index in [0.717, 1.165) is 24.3 Å². The number of nitrogens with two attached hydrogens (primary N) is 1. The molecule has 0 aromatic heterocycles. The highest BCUT2D eigenvalue weighted by atomic mass is 15.1. The zero-order valence-corrected chi connectivity index (χ0v) is 11.5. The van der Waals surface area contributed by atoms with Crippen LogP contribution in [0.15, 0.2) is 0 Å². The Balaban J connectivity index is 1.78. The van der Waals surface area contributed by atoms with Crippen LogP contribution in [0.2, 0.25) is 0 Å². The molecule has 1 heterocycles. The van der Waals surface area contributed by atoms with Gasteiger partial charge in [0.15, 0.2) is 0 Å². The van der Waals surface area contributed by atoms with Crippen LogP contribution < -0.4 is 5.73 Å². The summed E-state index contributed by atoms with van der Waals surface area (Å²) >= 11 is 0. The van der Waals surface area contributed by atoms with Crippen LogP contribution in [-0.4, -0.2) is 31.1 Å². The van der Waals surface area contributed by atoms with Gasteiger partial charge in [-0.1, -0.05) is 19.8 Å². The molecule has 17 heavy (non-hydrogen) atoms. The third-order valence-corrected chi connectivity index (χ3v) is 5.13. The summed E-state index contributed by atoms with van der Waals surface area (Å²) in [5.74, 6) is 2.72. The lowest BCUT2D eigenvalue weighted by Gasteiger charge is -2.27. The van der Waals surface area contributed by atoms with Crippen molar-refractivity contribution in [3.05, 3.63) is 0 Å². The molecule has 2 nitrogen and oxygen atoms in total. The smallest absolute Gasteiger partial charge is 0.00128 e. The van der Waals surface area contributed by atoms with Gasteiger partial charge in [-0.2, -0.15) is 0 Å². The third-order valence-electron chi connectivity index (χ3n) is 5.13. The number of hydrogen-bond acceptors (Lipinski definition) is 2. The van der Waals surface area contributed by atoms with Gasteiger partial charge in [0.25, 0.3) is 0 Å². The minimum absolute atomic E-state index is 0.820. The van der Waals surface area contributed by atoms with Crippen molar-refractivity contribution in [2.24, 2.45) is 23.5 Å². The average Bonchev–Trinajstić information content (AvgIpc) is 2.67. The van der Waals surface area contributed by atoms with E-state index in [1.807, 2.05) is 0 Å². The molecule has 2 fully saturated rings. The highest BCUT2D eigenvalue weighted by molar-refractivity contribution is 4.81. The van der Waals surface area contributed by atoms with Gasteiger partial charge >= 0.3 is 0 Å². The second-order valence-corrected chi connectivity index (χ2v) is 6.19. The van der Waals surface area contributed by atoms with Crippen LogP contribution in [0.4, 0.5) is 0 Å². The predicted molar refractivity (Wildman–Crippen MR) is 74.0 cm³/mol. The number of rotatable bonds is 4. The van der Waals surface area contributed by atoms with E-state index in [0.29, 0.717) is 0 Å². The molecule has 1 aliphatic heterocycles. The largest absolute Gasteiger partial charge is 0.330 e. The topological polar surface area (TPSA) is 29.3 Å². The maximum Gasteiger partial charge on any atom is 0.00128 e. The second kappa shape index (κ2) is 6.75. The van der Waals surface area contributed by atoms with Gasteiger partial charge in [-0.25, -0.2) is 0 Å². The molecule has 1 aliphatic carbocycles. The van der Waals surface area contributed by atoms with Gasteiger partial charge in [0.1, 0.15) is 0 Å². The number of hydrogen-bond donors (Lipinski definition) is 1. The molecule has 3 unspecified atom stereocenters. The van der Waals surface area contributed by atoms with Gasteiger partial charge in [-0.3, -0.25) is 0 Å². The zero-order valence-electron chi connectivity index (χ0n) is 11.5. The van der Waals surface area contributed by atoms with Gasteiger partial charge in [0, 0.05) is 6.54 Å². The molecule has 1 saturated carbocycles. The summed E-state index contributed by atoms with van der Waals surface area (Å²) in [4.78, 5) is 2.73. The summed E-state index contributed by atoms with van der Waals surface area (Å²) in [6, 6.07) is 0. The lowest BCUT2D eigenvalue weighted by Crippen LogP contribution is -2.33. The van der Waals surface area contributed by atoms with Gasteiger partial charge in [0.2, 0.25) is 0 Å². The molecule has 2 rings (SSSR count). The molecule has 2 aliphatic rings. The van der Waals surface area contributed by atoms with Crippen molar-refractivity contribution >= 4 is 0 Å². The summed E-state index contributed by atoms with van der Waals surface area (Å²) in [7, 11) is 0. The van der Waals surface area contributed by atoms with E-state index in [9.17, 15) is 0 Å². The Hall–Kier alpha value is -0.0800. The summed E-state index contributed by atoms with van der Waals surface area (Å²) < 4.78 is 0. The molecule has 1 saturated heterocycles. The van der Waals surface area contributed by atoms with Crippen molar-refractivity contribution in [3.8, 4) is 0 Å². The van der Waals surface area contributed by atoms with Gasteiger partial charge in [0.05, 0.1) is 0 Å². The maximum absolute atomic E-state index is 5.89. The summed E-state index contributed by atoms with van der Waals surface area (Å²) in [5, 5.41) is 0. The number of nitrogens with zero attached hydrogens (tertiary/aromatic N) is 1. The summed E-state index contributed by atoms with van der Waals surface area (Å²) in [6.07, 6.45) is 9.90. The van der Waals surface area contributed by atoms with Crippen molar-refractivity contribution in [2.75, 3.05) is 26.2 Å². The van der Waals surface area contributed by atoms with E-state index in [1.54, 1.807) is 0 Å². The summed E-state index contributed by atoms with van der Waals surface area (Å²) in [5.41, 5.74) is 5.89. The minimum Gasteiger partial charge on any atom is -0.330 e. The molecule has 0 aromatic rings. The predicted octanol–water partition coefficient (Wildman–Crippen LogP) is 2.87. The van der Waals surface area contributed by atoms with Crippen molar-refractivity contribution in [1.82, 2.24) is 4.90 Å². The first-order valence-electron chi connectivity index (χ1n) is 7.76. The van der Waals surface area contributed by atoms with E-state index in [1.165, 1.54) is 64.6 Å². The van der Waals surface area contributed by atoms with Gasteiger partial charge in [-0.15, -0.1) is 0 Å². The van der Waals surface area contributed by atoms with E-state index in [4.69, 9.17) is 5.73 Å². The van der Waals surface area contributed by atoms with Gasteiger partial charge < -0.3 is 10.6 Å². The minimum atomic E-state index is 0.820. The van der Waals surface area contributed by atoms with E-state index in [-0.39, 0.29) is 0 Å². The Morgan fingerprint density at radius 1 is 1.00 bits per heavy atom. The third kappa shape index (κ3) is 3.69. The molecule has 0 spiro atoms. The van der Waals surface area contributed by atoms with Crippen molar-refractivity contribution in [3.63, 3.8) is 0 Å². The second-order valence-electron chi connectivity index (χ2n) is 6.19. The molecule has 2 heteroatoms. The fourth-order valence-corrected chi connectivity index (χ4v) is 3.81. The van der Waals surface area contributed by atoms with Crippen molar-refractivity contribution in [1.29, 1.82) is 0 Å². The van der Waals surface area contributed by atoms with Crippen LogP contribution in [0, 0.1) is 17.8 Å². The first kappa shape index (κ1) is 13.4. The first-order valence-corrected chi connectivity index (χ1v) is 7.76. The van der Waals surface area contributed by atoms with Crippen molar-refractivity contribution < 1.29 is 0 Å². The Morgan fingerprint density at radius 2 is 1.82 bits per heavy atom. The zero-order chi connectivity index (χ0) is 12.1. The van der Waals surface area contributed by atoms with Crippen LogP contribution in [-0.2, 0) is 0 Å². The molecular formula is C15H30N2. The van der Waals surface area contributed by atoms with Crippen LogP contribution in [0.3, 0.4) is 0 Å². The van der Waals surface area contributed by atoms with Crippen LogP contribution in [0.1, 0.15) is 51.9 Å². The van der Waals surface area contributed by atoms with E-state index in [2.05, 4.69) is 11.8 Å². The fourth-order valence-electron chi connectivity index (χ4n) is 3.81. The quantitative estimate of drug-likeness (QED) is 0.816. The molecule has 2 N–H and O–H groups in total. The highest BCUT2D eigenvalue weighted by Crippen LogP contribution is 2.32. The molecule has 100 valence electrons. The Kier molecular flexibility index (Phi) is 5.30. The average molecular weight is 238 g/mol. The highest BCUT2D eigenvalue weighted by Gasteiger charge is 2.28. The molecule has 3 atom stereocenters. The molecule has 0 aromatic carbocycles. The summed E-state index contributed by atoms with van der Waals surface area (Å²) in [6.45, 7) is 7.27. The maximum atomic E-state index is 5.89. The van der Waals surface area contributed by atoms with E-state index < -0.39 is 0 Å². The van der Waals surface area contributed by atoms with Crippen LogP contribution >= 0.6 is 0 Å². The lowest BCUT2D eigenvalue weighted by molar-refractivity contribution is 0.210. The van der Waals surface area contributed by atoms with Crippen LogP contribution in [0.25, 0.3) is 0 Å². The monoisotopic (exact) mass is 238 g/mol. The lowest BCUT2D eigenvalue weighted by atomic mass is 9.95. The molecule has 0 amide bonds. The first-order chi connectivity index (χ1) is 8.33. The SMILES string of the molecule is CCC1CCCN(CC2CCCC2CN)CC1. The standard InChI is InChI=1S/C15H30N2/c1-2-13-5-4-9-17(10-8-13)12-15-7-3-6-14(15)11-16/h13-15H,2-12,16H2,1H3. The van der Waals surface area contributed by atoms with Crippen molar-refractivity contribution in [2.45, 2.75) is 51.9 Å². The van der Waals surface area contributed by atoms with Gasteiger partial charge in [-0.05, 0) is 69.5 Å².